The van der Waals surface area contributed by atoms with Gasteiger partial charge in [0.2, 0.25) is 5.91 Å². The summed E-state index contributed by atoms with van der Waals surface area (Å²) in [5, 5.41) is 2.92. The number of esters is 1. The third-order valence-electron chi connectivity index (χ3n) is 3.79. The molecule has 1 N–H and O–H groups in total. The number of rotatable bonds is 6. The second kappa shape index (κ2) is 7.25. The van der Waals surface area contributed by atoms with Crippen LogP contribution in [0, 0.1) is 0 Å². The number of amides is 1. The number of fused-ring (bicyclic) bond motifs is 1. The third-order valence-corrected chi connectivity index (χ3v) is 3.79. The van der Waals surface area contributed by atoms with E-state index in [0.717, 1.165) is 23.2 Å². The van der Waals surface area contributed by atoms with Gasteiger partial charge in [-0.25, -0.2) is 0 Å². The maximum atomic E-state index is 12.2. The van der Waals surface area contributed by atoms with E-state index in [-0.39, 0.29) is 24.2 Å². The van der Waals surface area contributed by atoms with E-state index in [1.54, 1.807) is 6.92 Å². The molecular formula is C18H23NO3. The summed E-state index contributed by atoms with van der Waals surface area (Å²) in [6.07, 6.45) is 3.71. The van der Waals surface area contributed by atoms with Crippen LogP contribution in [-0.2, 0) is 20.7 Å². The van der Waals surface area contributed by atoms with Crippen molar-refractivity contribution in [3.8, 4) is 0 Å². The normalized spacial score (nSPS) is 16.0. The number of hydrogen-bond donors (Lipinski definition) is 1. The van der Waals surface area contributed by atoms with Crippen LogP contribution in [0.5, 0.6) is 0 Å². The van der Waals surface area contributed by atoms with E-state index >= 15 is 0 Å². The Morgan fingerprint density at radius 3 is 2.82 bits per heavy atom. The van der Waals surface area contributed by atoms with Gasteiger partial charge in [-0.15, -0.1) is 0 Å². The first kappa shape index (κ1) is 16.3. The fraction of sp³-hybridized carbons (Fsp3) is 0.444. The van der Waals surface area contributed by atoms with Crippen molar-refractivity contribution >= 4 is 17.6 Å². The zero-order valence-electron chi connectivity index (χ0n) is 13.4. The largest absolute Gasteiger partial charge is 0.466 e. The summed E-state index contributed by atoms with van der Waals surface area (Å²) in [5.41, 5.74) is 4.30. The summed E-state index contributed by atoms with van der Waals surface area (Å²) < 4.78 is 4.95. The number of benzene rings is 1. The first-order valence-corrected chi connectivity index (χ1v) is 7.74. The highest BCUT2D eigenvalue weighted by atomic mass is 16.5. The second-order valence-electron chi connectivity index (χ2n) is 5.75. The molecule has 0 aliphatic carbocycles. The first-order chi connectivity index (χ1) is 10.5. The van der Waals surface area contributed by atoms with Crippen molar-refractivity contribution in [2.75, 3.05) is 11.9 Å². The molecule has 22 heavy (non-hydrogen) atoms. The van der Waals surface area contributed by atoms with Gasteiger partial charge in [-0.3, -0.25) is 9.59 Å². The average Bonchev–Trinajstić information content (AvgIpc) is 2.79. The molecule has 4 nitrogen and oxygen atoms in total. The van der Waals surface area contributed by atoms with Crippen molar-refractivity contribution in [2.24, 2.45) is 0 Å². The molecule has 1 amide bonds. The molecule has 2 rings (SSSR count). The number of hydrogen-bond acceptors (Lipinski definition) is 3. The Kier molecular flexibility index (Phi) is 5.36. The van der Waals surface area contributed by atoms with Crippen LogP contribution in [0.4, 0.5) is 5.69 Å². The van der Waals surface area contributed by atoms with Crippen molar-refractivity contribution < 1.29 is 14.3 Å². The van der Waals surface area contributed by atoms with Crippen molar-refractivity contribution in [1.29, 1.82) is 0 Å². The minimum absolute atomic E-state index is 0.0241. The lowest BCUT2D eigenvalue weighted by Crippen LogP contribution is -2.15. The topological polar surface area (TPSA) is 55.4 Å². The molecule has 1 heterocycles. The van der Waals surface area contributed by atoms with Crippen LogP contribution < -0.4 is 5.32 Å². The summed E-state index contributed by atoms with van der Waals surface area (Å²) in [5.74, 6) is -0.532. The van der Waals surface area contributed by atoms with E-state index in [2.05, 4.69) is 31.3 Å². The van der Waals surface area contributed by atoms with Gasteiger partial charge in [0.25, 0.3) is 0 Å². The van der Waals surface area contributed by atoms with Crippen LogP contribution in [0.25, 0.3) is 0 Å². The van der Waals surface area contributed by atoms with Crippen LogP contribution in [0.3, 0.4) is 0 Å². The van der Waals surface area contributed by atoms with Crippen LogP contribution in [0.2, 0.25) is 0 Å². The molecule has 1 unspecified atom stereocenters. The van der Waals surface area contributed by atoms with Gasteiger partial charge in [-0.05, 0) is 50.8 Å². The first-order valence-electron chi connectivity index (χ1n) is 7.74. The number of carbonyl (C=O) groups excluding carboxylic acids is 2. The molecule has 0 saturated heterocycles. The molecule has 0 aromatic heterocycles. The Balaban J connectivity index is 2.19. The molecule has 1 atom stereocenters. The van der Waals surface area contributed by atoms with E-state index in [0.29, 0.717) is 13.0 Å². The Labute approximate surface area is 131 Å². The van der Waals surface area contributed by atoms with Gasteiger partial charge in [-0.1, -0.05) is 23.8 Å². The van der Waals surface area contributed by atoms with Crippen molar-refractivity contribution in [2.45, 2.75) is 46.0 Å². The van der Waals surface area contributed by atoms with Crippen LogP contribution in [0.15, 0.2) is 29.8 Å². The zero-order valence-corrected chi connectivity index (χ0v) is 13.4. The molecule has 1 aromatic rings. The van der Waals surface area contributed by atoms with Crippen molar-refractivity contribution in [1.82, 2.24) is 0 Å². The monoisotopic (exact) mass is 301 g/mol. The van der Waals surface area contributed by atoms with Gasteiger partial charge in [0.1, 0.15) is 0 Å². The molecular weight excluding hydrogens is 278 g/mol. The standard InChI is InChI=1S/C18H23NO3/c1-4-22-16(20)11-10-14-17-13(9-8-12(2)3)6-5-7-15(17)19-18(14)21/h5-8,14H,4,9-11H2,1-3H3,(H,19,21). The molecule has 0 spiro atoms. The molecule has 0 radical (unpaired) electrons. The van der Waals surface area contributed by atoms with Gasteiger partial charge in [0.15, 0.2) is 0 Å². The number of anilines is 1. The van der Waals surface area contributed by atoms with Crippen LogP contribution >= 0.6 is 0 Å². The minimum Gasteiger partial charge on any atom is -0.466 e. The lowest BCUT2D eigenvalue weighted by Gasteiger charge is -2.12. The molecule has 1 aliphatic rings. The summed E-state index contributed by atoms with van der Waals surface area (Å²) in [6.45, 7) is 6.28. The number of nitrogens with one attached hydrogen (secondary N) is 1. The van der Waals surface area contributed by atoms with Crippen molar-refractivity contribution in [3.05, 3.63) is 41.0 Å². The summed E-state index contributed by atoms with van der Waals surface area (Å²) >= 11 is 0. The molecule has 0 fully saturated rings. The lowest BCUT2D eigenvalue weighted by atomic mass is 9.90. The smallest absolute Gasteiger partial charge is 0.305 e. The summed E-state index contributed by atoms with van der Waals surface area (Å²) in [6, 6.07) is 5.93. The zero-order chi connectivity index (χ0) is 16.1. The Hall–Kier alpha value is -2.10. The SMILES string of the molecule is CCOC(=O)CCC1C(=O)Nc2cccc(CC=C(C)C)c21. The highest BCUT2D eigenvalue weighted by Crippen LogP contribution is 2.38. The fourth-order valence-corrected chi connectivity index (χ4v) is 2.75. The number of carbonyl (C=O) groups is 2. The number of ether oxygens (including phenoxy) is 1. The Morgan fingerprint density at radius 2 is 2.14 bits per heavy atom. The molecule has 1 aliphatic heterocycles. The van der Waals surface area contributed by atoms with Gasteiger partial charge in [-0.2, -0.15) is 0 Å². The second-order valence-corrected chi connectivity index (χ2v) is 5.75. The molecule has 4 heteroatoms. The lowest BCUT2D eigenvalue weighted by molar-refractivity contribution is -0.143. The van der Waals surface area contributed by atoms with E-state index in [1.807, 2.05) is 12.1 Å². The van der Waals surface area contributed by atoms with E-state index in [1.165, 1.54) is 5.57 Å². The Morgan fingerprint density at radius 1 is 1.36 bits per heavy atom. The maximum absolute atomic E-state index is 12.2. The fourth-order valence-electron chi connectivity index (χ4n) is 2.75. The van der Waals surface area contributed by atoms with Gasteiger partial charge in [0, 0.05) is 12.1 Å². The molecule has 0 saturated carbocycles. The average molecular weight is 301 g/mol. The number of allylic oxidation sites excluding steroid dienone is 2. The third kappa shape index (κ3) is 3.75. The molecule has 118 valence electrons. The van der Waals surface area contributed by atoms with E-state index in [9.17, 15) is 9.59 Å². The van der Waals surface area contributed by atoms with Crippen LogP contribution in [-0.4, -0.2) is 18.5 Å². The summed E-state index contributed by atoms with van der Waals surface area (Å²) in [4.78, 5) is 23.8. The predicted molar refractivity (Wildman–Crippen MR) is 86.8 cm³/mol. The van der Waals surface area contributed by atoms with Gasteiger partial charge < -0.3 is 10.1 Å². The minimum atomic E-state index is -0.263. The van der Waals surface area contributed by atoms with Crippen molar-refractivity contribution in [3.63, 3.8) is 0 Å². The van der Waals surface area contributed by atoms with Crippen LogP contribution in [0.1, 0.15) is 50.7 Å². The Bertz CT molecular complexity index is 600. The quantitative estimate of drug-likeness (QED) is 0.645. The highest BCUT2D eigenvalue weighted by Gasteiger charge is 2.32. The van der Waals surface area contributed by atoms with E-state index < -0.39 is 0 Å². The predicted octanol–water partition coefficient (Wildman–Crippen LogP) is 3.57. The van der Waals surface area contributed by atoms with Gasteiger partial charge >= 0.3 is 5.97 Å². The van der Waals surface area contributed by atoms with E-state index in [4.69, 9.17) is 4.74 Å². The van der Waals surface area contributed by atoms with Gasteiger partial charge in [0.05, 0.1) is 12.5 Å². The highest BCUT2D eigenvalue weighted by molar-refractivity contribution is 6.03. The maximum Gasteiger partial charge on any atom is 0.305 e. The molecule has 1 aromatic carbocycles. The summed E-state index contributed by atoms with van der Waals surface area (Å²) in [7, 11) is 0. The molecule has 0 bridgehead atoms.